The molecule has 0 fully saturated rings. The number of thiocarbonyl (C=S) groups is 1. The van der Waals surface area contributed by atoms with Gasteiger partial charge in [-0.05, 0) is 70.5 Å². The molecule has 0 amide bonds. The van der Waals surface area contributed by atoms with Gasteiger partial charge in [0.1, 0.15) is 0 Å². The minimum Gasteiger partial charge on any atom is -0.493 e. The second-order valence-corrected chi connectivity index (χ2v) is 7.12. The van der Waals surface area contributed by atoms with Gasteiger partial charge in [-0.25, -0.2) is 0 Å². The number of rotatable bonds is 6. The van der Waals surface area contributed by atoms with E-state index in [1.54, 1.807) is 14.2 Å². The normalized spacial score (nSPS) is 10.2. The zero-order chi connectivity index (χ0) is 17.5. The third-order valence-electron chi connectivity index (χ3n) is 3.33. The van der Waals surface area contributed by atoms with Gasteiger partial charge in [0.25, 0.3) is 0 Å². The maximum absolute atomic E-state index is 5.33. The number of benzene rings is 2. The van der Waals surface area contributed by atoms with Gasteiger partial charge in [0.05, 0.1) is 19.9 Å². The lowest BCUT2D eigenvalue weighted by molar-refractivity contribution is 0.354. The third-order valence-corrected chi connectivity index (χ3v) is 4.72. The Morgan fingerprint density at radius 2 is 1.79 bits per heavy atom. The molecule has 0 spiro atoms. The predicted octanol–water partition coefficient (Wildman–Crippen LogP) is 4.76. The van der Waals surface area contributed by atoms with Gasteiger partial charge < -0.3 is 20.1 Å². The van der Waals surface area contributed by atoms with Gasteiger partial charge in [-0.1, -0.05) is 22.0 Å². The van der Waals surface area contributed by atoms with Gasteiger partial charge in [0, 0.05) is 15.5 Å². The van der Waals surface area contributed by atoms with Crippen molar-refractivity contribution < 1.29 is 9.47 Å². The quantitative estimate of drug-likeness (QED) is 0.592. The monoisotopic (exact) mass is 472 g/mol. The average Bonchev–Trinajstić information content (AvgIpc) is 2.57. The predicted molar refractivity (Wildman–Crippen MR) is 109 cm³/mol. The van der Waals surface area contributed by atoms with Crippen molar-refractivity contribution in [2.75, 3.05) is 26.1 Å². The molecule has 0 bridgehead atoms. The van der Waals surface area contributed by atoms with Crippen LogP contribution < -0.4 is 20.1 Å². The summed E-state index contributed by atoms with van der Waals surface area (Å²) in [5.74, 6) is 1.46. The van der Waals surface area contributed by atoms with Gasteiger partial charge in [0.2, 0.25) is 0 Å². The smallest absolute Gasteiger partial charge is 0.170 e. The third kappa shape index (κ3) is 5.36. The summed E-state index contributed by atoms with van der Waals surface area (Å²) in [6.07, 6.45) is 0.823. The van der Waals surface area contributed by atoms with Crippen LogP contribution in [0.3, 0.4) is 0 Å². The zero-order valence-corrected chi connectivity index (χ0v) is 17.3. The Morgan fingerprint density at radius 3 is 2.46 bits per heavy atom. The van der Waals surface area contributed by atoms with E-state index in [4.69, 9.17) is 21.7 Å². The number of halogens is 2. The van der Waals surface area contributed by atoms with Crippen molar-refractivity contribution in [3.8, 4) is 11.5 Å². The highest BCUT2D eigenvalue weighted by atomic mass is 79.9. The summed E-state index contributed by atoms with van der Waals surface area (Å²) in [5, 5.41) is 6.96. The largest absolute Gasteiger partial charge is 0.493 e. The fourth-order valence-corrected chi connectivity index (χ4v) is 3.47. The Hall–Kier alpha value is -1.31. The highest BCUT2D eigenvalue weighted by Crippen LogP contribution is 2.28. The first-order valence-electron chi connectivity index (χ1n) is 7.24. The van der Waals surface area contributed by atoms with Crippen molar-refractivity contribution in [2.45, 2.75) is 6.42 Å². The summed E-state index contributed by atoms with van der Waals surface area (Å²) >= 11 is 12.3. The molecule has 0 aromatic heterocycles. The molecule has 7 heteroatoms. The van der Waals surface area contributed by atoms with Crippen LogP contribution >= 0.6 is 44.1 Å². The summed E-state index contributed by atoms with van der Waals surface area (Å²) in [6, 6.07) is 11.8. The van der Waals surface area contributed by atoms with Crippen molar-refractivity contribution in [3.63, 3.8) is 0 Å². The molecule has 2 N–H and O–H groups in total. The van der Waals surface area contributed by atoms with E-state index in [0.29, 0.717) is 5.11 Å². The molecule has 0 unspecified atom stereocenters. The van der Waals surface area contributed by atoms with E-state index >= 15 is 0 Å². The average molecular weight is 474 g/mol. The van der Waals surface area contributed by atoms with Crippen LogP contribution in [0.15, 0.2) is 45.3 Å². The molecular formula is C17H18Br2N2O2S. The SMILES string of the molecule is COc1ccc(CCNC(=S)Nc2ccc(Br)cc2Br)cc1OC. The maximum atomic E-state index is 5.33. The molecule has 0 saturated carbocycles. The number of hydrogen-bond donors (Lipinski definition) is 2. The van der Waals surface area contributed by atoms with E-state index in [1.807, 2.05) is 36.4 Å². The van der Waals surface area contributed by atoms with E-state index < -0.39 is 0 Å². The molecular weight excluding hydrogens is 456 g/mol. The summed E-state index contributed by atoms with van der Waals surface area (Å²) < 4.78 is 12.5. The minimum atomic E-state index is 0.582. The molecule has 0 atom stereocenters. The fourth-order valence-electron chi connectivity index (χ4n) is 2.11. The van der Waals surface area contributed by atoms with Gasteiger partial charge in [-0.3, -0.25) is 0 Å². The molecule has 24 heavy (non-hydrogen) atoms. The van der Waals surface area contributed by atoms with Crippen molar-refractivity contribution in [1.29, 1.82) is 0 Å². The topological polar surface area (TPSA) is 42.5 Å². The number of hydrogen-bond acceptors (Lipinski definition) is 3. The van der Waals surface area contributed by atoms with Crippen molar-refractivity contribution in [1.82, 2.24) is 5.32 Å². The summed E-state index contributed by atoms with van der Waals surface area (Å²) in [7, 11) is 3.26. The minimum absolute atomic E-state index is 0.582. The Labute approximate surface area is 164 Å². The summed E-state index contributed by atoms with van der Waals surface area (Å²) in [5.41, 5.74) is 2.06. The molecule has 128 valence electrons. The molecule has 2 aromatic carbocycles. The second kappa shape index (κ2) is 9.25. The molecule has 2 rings (SSSR count). The van der Waals surface area contributed by atoms with E-state index in [9.17, 15) is 0 Å². The van der Waals surface area contributed by atoms with E-state index in [2.05, 4.69) is 42.5 Å². The number of nitrogens with one attached hydrogen (secondary N) is 2. The van der Waals surface area contributed by atoms with Crippen LogP contribution in [0.25, 0.3) is 0 Å². The standard InChI is InChI=1S/C17H18Br2N2O2S/c1-22-15-6-3-11(9-16(15)23-2)7-8-20-17(24)21-14-5-4-12(18)10-13(14)19/h3-6,9-10H,7-8H2,1-2H3,(H2,20,21,24). The molecule has 0 aliphatic carbocycles. The van der Waals surface area contributed by atoms with Gasteiger partial charge in [-0.15, -0.1) is 0 Å². The van der Waals surface area contributed by atoms with Gasteiger partial charge >= 0.3 is 0 Å². The second-order valence-electron chi connectivity index (χ2n) is 4.94. The first-order valence-corrected chi connectivity index (χ1v) is 9.23. The highest BCUT2D eigenvalue weighted by Gasteiger charge is 2.06. The number of methoxy groups -OCH3 is 2. The Kier molecular flexibility index (Phi) is 7.33. The molecule has 0 aliphatic heterocycles. The zero-order valence-electron chi connectivity index (χ0n) is 13.4. The van der Waals surface area contributed by atoms with Crippen molar-refractivity contribution in [2.24, 2.45) is 0 Å². The van der Waals surface area contributed by atoms with Crippen LogP contribution in [0, 0.1) is 0 Å². The van der Waals surface area contributed by atoms with Gasteiger partial charge in [0.15, 0.2) is 16.6 Å². The molecule has 2 aromatic rings. The van der Waals surface area contributed by atoms with Crippen LogP contribution in [-0.2, 0) is 6.42 Å². The highest BCUT2D eigenvalue weighted by molar-refractivity contribution is 9.11. The van der Waals surface area contributed by atoms with Crippen molar-refractivity contribution in [3.05, 3.63) is 50.9 Å². The number of anilines is 1. The molecule has 0 aliphatic rings. The lowest BCUT2D eigenvalue weighted by Gasteiger charge is -2.13. The lowest BCUT2D eigenvalue weighted by Crippen LogP contribution is -2.30. The first-order chi connectivity index (χ1) is 11.5. The fraction of sp³-hybridized carbons (Fsp3) is 0.235. The molecule has 0 heterocycles. The summed E-state index contributed by atoms with van der Waals surface area (Å²) in [6.45, 7) is 0.718. The molecule has 4 nitrogen and oxygen atoms in total. The van der Waals surface area contributed by atoms with Crippen LogP contribution in [0.1, 0.15) is 5.56 Å². The van der Waals surface area contributed by atoms with Crippen LogP contribution in [0.4, 0.5) is 5.69 Å². The molecule has 0 saturated heterocycles. The van der Waals surface area contributed by atoms with E-state index in [1.165, 1.54) is 0 Å². The maximum Gasteiger partial charge on any atom is 0.170 e. The Bertz CT molecular complexity index is 726. The lowest BCUT2D eigenvalue weighted by atomic mass is 10.1. The van der Waals surface area contributed by atoms with Crippen LogP contribution in [0.5, 0.6) is 11.5 Å². The number of ether oxygens (including phenoxy) is 2. The van der Waals surface area contributed by atoms with Crippen molar-refractivity contribution >= 4 is 54.9 Å². The first kappa shape index (κ1) is 19.0. The molecule has 0 radical (unpaired) electrons. The van der Waals surface area contributed by atoms with Gasteiger partial charge in [-0.2, -0.15) is 0 Å². The Morgan fingerprint density at radius 1 is 1.04 bits per heavy atom. The summed E-state index contributed by atoms with van der Waals surface area (Å²) in [4.78, 5) is 0. The van der Waals surface area contributed by atoms with E-state index in [0.717, 1.165) is 44.7 Å². The van der Waals surface area contributed by atoms with Crippen LogP contribution in [0.2, 0.25) is 0 Å². The Balaban J connectivity index is 1.86. The van der Waals surface area contributed by atoms with E-state index in [-0.39, 0.29) is 0 Å². The van der Waals surface area contributed by atoms with Crippen LogP contribution in [-0.4, -0.2) is 25.9 Å².